The molecular weight excluding hydrogens is 279 g/mol. The third-order valence-electron chi connectivity index (χ3n) is 1.24. The van der Waals surface area contributed by atoms with Crippen molar-refractivity contribution >= 4 is 22.0 Å². The second-order valence-corrected chi connectivity index (χ2v) is 4.54. The highest BCUT2D eigenvalue weighted by molar-refractivity contribution is 9.09. The fourth-order valence-corrected chi connectivity index (χ4v) is 1.19. The quantitative estimate of drug-likeness (QED) is 0.795. The Morgan fingerprint density at radius 1 is 1.40 bits per heavy atom. The van der Waals surface area contributed by atoms with Crippen molar-refractivity contribution in [3.8, 4) is 0 Å². The van der Waals surface area contributed by atoms with Gasteiger partial charge in [-0.1, -0.05) is 15.9 Å². The first-order chi connectivity index (χ1) is 6.56. The second-order valence-electron chi connectivity index (χ2n) is 3.89. The molecule has 0 aliphatic heterocycles. The lowest BCUT2D eigenvalue weighted by molar-refractivity contribution is -0.149. The van der Waals surface area contributed by atoms with E-state index in [1.807, 2.05) is 0 Å². The van der Waals surface area contributed by atoms with Gasteiger partial charge in [0.1, 0.15) is 11.6 Å². The van der Waals surface area contributed by atoms with Gasteiger partial charge >= 0.3 is 12.3 Å². The van der Waals surface area contributed by atoms with Gasteiger partial charge in [0.2, 0.25) is 0 Å². The Labute approximate surface area is 94.5 Å². The molecule has 1 amide bonds. The van der Waals surface area contributed by atoms with E-state index in [1.165, 1.54) is 0 Å². The molecule has 0 aliphatic carbocycles. The maximum atomic E-state index is 12.2. The summed E-state index contributed by atoms with van der Waals surface area (Å²) < 4.78 is 41.3. The zero-order valence-electron chi connectivity index (χ0n) is 8.61. The largest absolute Gasteiger partial charge is 0.444 e. The van der Waals surface area contributed by atoms with Crippen LogP contribution in [0.25, 0.3) is 0 Å². The lowest BCUT2D eigenvalue weighted by Crippen LogP contribution is -2.48. The molecule has 7 heteroatoms. The molecule has 0 aromatic heterocycles. The number of carbonyl (C=O) groups is 1. The van der Waals surface area contributed by atoms with Gasteiger partial charge in [0.25, 0.3) is 0 Å². The summed E-state index contributed by atoms with van der Waals surface area (Å²) in [5.74, 6) is 0. The Morgan fingerprint density at radius 2 is 1.87 bits per heavy atom. The smallest absolute Gasteiger partial charge is 0.409 e. The highest BCUT2D eigenvalue weighted by atomic mass is 79.9. The first-order valence-corrected chi connectivity index (χ1v) is 5.30. The number of alkyl carbamates (subject to hydrolysis) is 1. The third kappa shape index (κ3) is 6.59. The van der Waals surface area contributed by atoms with Crippen LogP contribution < -0.4 is 5.32 Å². The molecule has 0 heterocycles. The average Bonchev–Trinajstić information content (AvgIpc) is 1.94. The van der Waals surface area contributed by atoms with Crippen LogP contribution in [0.3, 0.4) is 0 Å². The number of hydrogen-bond acceptors (Lipinski definition) is 2. The summed E-state index contributed by atoms with van der Waals surface area (Å²) in [7, 11) is 0. The Morgan fingerprint density at radius 3 is 2.13 bits per heavy atom. The molecule has 1 N–H and O–H groups in total. The van der Waals surface area contributed by atoms with Crippen molar-refractivity contribution in [1.82, 2.24) is 5.32 Å². The van der Waals surface area contributed by atoms with Crippen molar-refractivity contribution < 1.29 is 22.7 Å². The molecule has 0 fully saturated rings. The first-order valence-electron chi connectivity index (χ1n) is 4.18. The lowest BCUT2D eigenvalue weighted by atomic mass is 10.2. The van der Waals surface area contributed by atoms with E-state index >= 15 is 0 Å². The number of nitrogens with one attached hydrogen (secondary N) is 1. The van der Waals surface area contributed by atoms with Crippen LogP contribution in [0.5, 0.6) is 0 Å². The van der Waals surface area contributed by atoms with Crippen LogP contribution in [0.15, 0.2) is 0 Å². The van der Waals surface area contributed by atoms with E-state index in [0.717, 1.165) is 0 Å². The topological polar surface area (TPSA) is 38.3 Å². The normalized spacial score (nSPS) is 14.6. The number of ether oxygens (including phenoxy) is 1. The molecule has 0 saturated heterocycles. The minimum Gasteiger partial charge on any atom is -0.444 e. The molecule has 0 radical (unpaired) electrons. The van der Waals surface area contributed by atoms with Crippen LogP contribution in [-0.2, 0) is 4.74 Å². The van der Waals surface area contributed by atoms with Crippen LogP contribution in [0.4, 0.5) is 18.0 Å². The summed E-state index contributed by atoms with van der Waals surface area (Å²) >= 11 is 2.67. The van der Waals surface area contributed by atoms with Crippen molar-refractivity contribution in [3.05, 3.63) is 0 Å². The molecule has 3 nitrogen and oxygen atoms in total. The van der Waals surface area contributed by atoms with Crippen LogP contribution in [-0.4, -0.2) is 29.2 Å². The fourth-order valence-electron chi connectivity index (χ4n) is 0.658. The molecule has 1 unspecified atom stereocenters. The maximum absolute atomic E-state index is 12.2. The summed E-state index contributed by atoms with van der Waals surface area (Å²) in [6, 6.07) is -1.94. The Kier molecular flexibility index (Phi) is 4.89. The second kappa shape index (κ2) is 5.05. The number of carbonyl (C=O) groups excluding carboxylic acids is 1. The molecule has 0 aromatic rings. The van der Waals surface area contributed by atoms with E-state index in [4.69, 9.17) is 4.74 Å². The van der Waals surface area contributed by atoms with E-state index in [-0.39, 0.29) is 0 Å². The zero-order valence-corrected chi connectivity index (χ0v) is 10.2. The van der Waals surface area contributed by atoms with Crippen molar-refractivity contribution in [2.45, 2.75) is 38.6 Å². The minimum absolute atomic E-state index is 0.407. The van der Waals surface area contributed by atoms with Crippen LogP contribution in [0.2, 0.25) is 0 Å². The monoisotopic (exact) mass is 291 g/mol. The number of hydrogen-bond donors (Lipinski definition) is 1. The molecule has 0 rings (SSSR count). The highest BCUT2D eigenvalue weighted by Gasteiger charge is 2.40. The Hall–Kier alpha value is -0.460. The van der Waals surface area contributed by atoms with Crippen LogP contribution in [0, 0.1) is 0 Å². The van der Waals surface area contributed by atoms with Gasteiger partial charge in [0, 0.05) is 5.33 Å². The summed E-state index contributed by atoms with van der Waals surface area (Å²) in [4.78, 5) is 11.0. The lowest BCUT2D eigenvalue weighted by Gasteiger charge is -2.23. The van der Waals surface area contributed by atoms with Crippen molar-refractivity contribution in [1.29, 1.82) is 0 Å². The number of amides is 1. The van der Waals surface area contributed by atoms with E-state index in [2.05, 4.69) is 15.9 Å². The van der Waals surface area contributed by atoms with Gasteiger partial charge in [-0.2, -0.15) is 13.2 Å². The van der Waals surface area contributed by atoms with Gasteiger partial charge in [0.15, 0.2) is 0 Å². The summed E-state index contributed by atoms with van der Waals surface area (Å²) in [5, 5.41) is 1.32. The molecule has 1 atom stereocenters. The highest BCUT2D eigenvalue weighted by Crippen LogP contribution is 2.21. The van der Waals surface area contributed by atoms with Gasteiger partial charge in [-0.15, -0.1) is 0 Å². The Balaban J connectivity index is 4.27. The third-order valence-corrected chi connectivity index (χ3v) is 1.89. The van der Waals surface area contributed by atoms with Crippen LogP contribution >= 0.6 is 15.9 Å². The van der Waals surface area contributed by atoms with E-state index in [9.17, 15) is 18.0 Å². The van der Waals surface area contributed by atoms with Gasteiger partial charge in [-0.3, -0.25) is 0 Å². The standard InChI is InChI=1S/C8H13BrF3NO2/c1-7(2,3)15-6(14)13-5(4-9)8(10,11)12/h5H,4H2,1-3H3,(H,13,14). The van der Waals surface area contributed by atoms with E-state index in [1.54, 1.807) is 26.1 Å². The van der Waals surface area contributed by atoms with E-state index < -0.39 is 29.2 Å². The van der Waals surface area contributed by atoms with Crippen LogP contribution in [0.1, 0.15) is 20.8 Å². The van der Waals surface area contributed by atoms with Crippen molar-refractivity contribution in [3.63, 3.8) is 0 Å². The number of rotatable bonds is 2. The summed E-state index contributed by atoms with van der Waals surface area (Å²) in [5.41, 5.74) is -0.813. The Bertz CT molecular complexity index is 225. The molecular formula is C8H13BrF3NO2. The van der Waals surface area contributed by atoms with Crippen molar-refractivity contribution in [2.24, 2.45) is 0 Å². The maximum Gasteiger partial charge on any atom is 0.409 e. The van der Waals surface area contributed by atoms with Gasteiger partial charge in [0.05, 0.1) is 0 Å². The summed E-state index contributed by atoms with van der Waals surface area (Å²) in [6.45, 7) is 4.72. The predicted octanol–water partition coefficient (Wildman–Crippen LogP) is 2.84. The molecule has 0 bridgehead atoms. The fraction of sp³-hybridized carbons (Fsp3) is 0.875. The minimum atomic E-state index is -4.49. The average molecular weight is 292 g/mol. The number of alkyl halides is 4. The summed E-state index contributed by atoms with van der Waals surface area (Å²) in [6.07, 6.45) is -5.57. The molecule has 0 aromatic carbocycles. The first kappa shape index (κ1) is 14.5. The van der Waals surface area contributed by atoms with Gasteiger partial charge < -0.3 is 10.1 Å². The van der Waals surface area contributed by atoms with E-state index in [0.29, 0.717) is 0 Å². The predicted molar refractivity (Wildman–Crippen MR) is 53.0 cm³/mol. The van der Waals surface area contributed by atoms with Gasteiger partial charge in [-0.25, -0.2) is 4.79 Å². The van der Waals surface area contributed by atoms with Gasteiger partial charge in [-0.05, 0) is 20.8 Å². The molecule has 0 spiro atoms. The number of halogens is 4. The molecule has 90 valence electrons. The SMILES string of the molecule is CC(C)(C)OC(=O)NC(CBr)C(F)(F)F. The zero-order chi connectivity index (χ0) is 12.3. The molecule has 15 heavy (non-hydrogen) atoms. The van der Waals surface area contributed by atoms with Crippen molar-refractivity contribution in [2.75, 3.05) is 5.33 Å². The molecule has 0 aliphatic rings. The molecule has 0 saturated carbocycles.